The molecule has 1 aromatic rings. The molecule has 1 aromatic carbocycles. The van der Waals surface area contributed by atoms with Crippen LogP contribution in [0.25, 0.3) is 0 Å². The van der Waals surface area contributed by atoms with E-state index in [0.29, 0.717) is 17.1 Å². The van der Waals surface area contributed by atoms with Gasteiger partial charge in [0.1, 0.15) is 0 Å². The van der Waals surface area contributed by atoms with Gasteiger partial charge in [-0.05, 0) is 24.6 Å². The summed E-state index contributed by atoms with van der Waals surface area (Å²) >= 11 is 12.5. The van der Waals surface area contributed by atoms with Gasteiger partial charge < -0.3 is 5.32 Å². The number of hydrogen-bond acceptors (Lipinski definition) is 1. The molecule has 0 spiro atoms. The van der Waals surface area contributed by atoms with Crippen LogP contribution in [0.2, 0.25) is 5.02 Å². The van der Waals surface area contributed by atoms with Crippen molar-refractivity contribution in [1.29, 1.82) is 0 Å². The summed E-state index contributed by atoms with van der Waals surface area (Å²) in [5.41, 5.74) is 0.501. The van der Waals surface area contributed by atoms with Crippen molar-refractivity contribution in [1.82, 2.24) is 5.32 Å². The van der Waals surface area contributed by atoms with E-state index in [0.717, 1.165) is 16.2 Å². The highest BCUT2D eigenvalue weighted by molar-refractivity contribution is 9.10. The van der Waals surface area contributed by atoms with Crippen LogP contribution in [0.5, 0.6) is 0 Å². The van der Waals surface area contributed by atoms with Crippen molar-refractivity contribution in [2.45, 2.75) is 6.42 Å². The van der Waals surface area contributed by atoms with E-state index in [1.165, 1.54) is 0 Å². The molecule has 0 atom stereocenters. The first-order chi connectivity index (χ1) is 7.15. The van der Waals surface area contributed by atoms with Crippen molar-refractivity contribution in [2.75, 3.05) is 11.9 Å². The van der Waals surface area contributed by atoms with Crippen LogP contribution in [0.4, 0.5) is 0 Å². The summed E-state index contributed by atoms with van der Waals surface area (Å²) in [5, 5.41) is 4.14. The molecule has 1 amide bonds. The SMILES string of the molecule is O=C(NCCCBr)c1cc(Br)ccc1Cl. The van der Waals surface area contributed by atoms with E-state index < -0.39 is 0 Å². The molecule has 5 heteroatoms. The number of carbonyl (C=O) groups excluding carboxylic acids is 1. The number of rotatable bonds is 4. The lowest BCUT2D eigenvalue weighted by Crippen LogP contribution is -2.24. The Morgan fingerprint density at radius 1 is 1.47 bits per heavy atom. The minimum absolute atomic E-state index is 0.137. The third-order valence-electron chi connectivity index (χ3n) is 1.77. The van der Waals surface area contributed by atoms with Crippen molar-refractivity contribution in [3.8, 4) is 0 Å². The second-order valence-corrected chi connectivity index (χ2v) is 5.04. The highest BCUT2D eigenvalue weighted by Gasteiger charge is 2.09. The Hall–Kier alpha value is -0.0600. The average molecular weight is 355 g/mol. The maximum Gasteiger partial charge on any atom is 0.252 e. The van der Waals surface area contributed by atoms with Gasteiger partial charge in [-0.15, -0.1) is 0 Å². The summed E-state index contributed by atoms with van der Waals surface area (Å²) in [6.07, 6.45) is 0.900. The van der Waals surface area contributed by atoms with Gasteiger partial charge in [-0.25, -0.2) is 0 Å². The van der Waals surface area contributed by atoms with Crippen LogP contribution < -0.4 is 5.32 Å². The van der Waals surface area contributed by atoms with Crippen molar-refractivity contribution in [2.24, 2.45) is 0 Å². The molecule has 15 heavy (non-hydrogen) atoms. The Morgan fingerprint density at radius 3 is 2.87 bits per heavy atom. The normalized spacial score (nSPS) is 10.1. The van der Waals surface area contributed by atoms with Gasteiger partial charge >= 0.3 is 0 Å². The molecule has 82 valence electrons. The molecule has 0 bridgehead atoms. The molecule has 0 aliphatic carbocycles. The number of halogens is 3. The van der Waals surface area contributed by atoms with Crippen LogP contribution in [-0.4, -0.2) is 17.8 Å². The molecule has 0 aromatic heterocycles. The lowest BCUT2D eigenvalue weighted by molar-refractivity contribution is 0.0954. The van der Waals surface area contributed by atoms with Crippen molar-refractivity contribution < 1.29 is 4.79 Å². The summed E-state index contributed by atoms with van der Waals surface area (Å²) in [5.74, 6) is -0.137. The minimum atomic E-state index is -0.137. The van der Waals surface area contributed by atoms with Gasteiger partial charge in [0, 0.05) is 16.3 Å². The zero-order valence-corrected chi connectivity index (χ0v) is 11.8. The van der Waals surface area contributed by atoms with E-state index in [1.54, 1.807) is 18.2 Å². The van der Waals surface area contributed by atoms with Crippen LogP contribution in [0.3, 0.4) is 0 Å². The first-order valence-electron chi connectivity index (χ1n) is 4.44. The number of amides is 1. The van der Waals surface area contributed by atoms with E-state index in [1.807, 2.05) is 0 Å². The smallest absolute Gasteiger partial charge is 0.252 e. The van der Waals surface area contributed by atoms with E-state index in [9.17, 15) is 4.79 Å². The molecular weight excluding hydrogens is 345 g/mol. The van der Waals surface area contributed by atoms with Crippen molar-refractivity contribution in [3.05, 3.63) is 33.3 Å². The topological polar surface area (TPSA) is 29.1 Å². The van der Waals surface area contributed by atoms with E-state index in [-0.39, 0.29) is 5.91 Å². The molecular formula is C10H10Br2ClNO. The first kappa shape index (κ1) is 13.0. The molecule has 1 N–H and O–H groups in total. The number of nitrogens with one attached hydrogen (secondary N) is 1. The quantitative estimate of drug-likeness (QED) is 0.649. The van der Waals surface area contributed by atoms with E-state index in [2.05, 4.69) is 37.2 Å². The van der Waals surface area contributed by atoms with Crippen LogP contribution in [0.1, 0.15) is 16.8 Å². The van der Waals surface area contributed by atoms with Gasteiger partial charge in [-0.2, -0.15) is 0 Å². The fraction of sp³-hybridized carbons (Fsp3) is 0.300. The summed E-state index contributed by atoms with van der Waals surface area (Å²) in [6.45, 7) is 0.646. The Bertz CT molecular complexity index is 357. The van der Waals surface area contributed by atoms with Crippen LogP contribution in [0, 0.1) is 0 Å². The zero-order chi connectivity index (χ0) is 11.3. The Kier molecular flexibility index (Phi) is 5.64. The Morgan fingerprint density at radius 2 is 2.20 bits per heavy atom. The predicted octanol–water partition coefficient (Wildman–Crippen LogP) is 3.62. The third-order valence-corrected chi connectivity index (χ3v) is 3.15. The van der Waals surface area contributed by atoms with Crippen LogP contribution in [-0.2, 0) is 0 Å². The number of alkyl halides is 1. The van der Waals surface area contributed by atoms with Gasteiger partial charge in [-0.1, -0.05) is 43.5 Å². The molecule has 0 fully saturated rings. The van der Waals surface area contributed by atoms with E-state index in [4.69, 9.17) is 11.6 Å². The summed E-state index contributed by atoms with van der Waals surface area (Å²) in [6, 6.07) is 5.22. The van der Waals surface area contributed by atoms with Gasteiger partial charge in [0.25, 0.3) is 5.91 Å². The maximum absolute atomic E-state index is 11.7. The molecule has 0 unspecified atom stereocenters. The number of carbonyl (C=O) groups is 1. The maximum atomic E-state index is 11.7. The zero-order valence-electron chi connectivity index (χ0n) is 7.90. The van der Waals surface area contributed by atoms with Crippen molar-refractivity contribution in [3.63, 3.8) is 0 Å². The molecule has 0 aliphatic rings. The minimum Gasteiger partial charge on any atom is -0.352 e. The summed E-state index contributed by atoms with van der Waals surface area (Å²) < 4.78 is 0.845. The number of benzene rings is 1. The van der Waals surface area contributed by atoms with Gasteiger partial charge in [0.15, 0.2) is 0 Å². The second kappa shape index (κ2) is 6.51. The van der Waals surface area contributed by atoms with Gasteiger partial charge in [-0.3, -0.25) is 4.79 Å². The monoisotopic (exact) mass is 353 g/mol. The highest BCUT2D eigenvalue weighted by atomic mass is 79.9. The molecule has 0 aliphatic heterocycles. The lowest BCUT2D eigenvalue weighted by Gasteiger charge is -2.06. The fourth-order valence-electron chi connectivity index (χ4n) is 1.04. The van der Waals surface area contributed by atoms with Gasteiger partial charge in [0.05, 0.1) is 10.6 Å². The van der Waals surface area contributed by atoms with Crippen molar-refractivity contribution >= 4 is 49.4 Å². The van der Waals surface area contributed by atoms with E-state index >= 15 is 0 Å². The number of hydrogen-bond donors (Lipinski definition) is 1. The van der Waals surface area contributed by atoms with Crippen LogP contribution >= 0.6 is 43.5 Å². The molecule has 0 saturated heterocycles. The molecule has 0 saturated carbocycles. The van der Waals surface area contributed by atoms with Crippen LogP contribution in [0.15, 0.2) is 22.7 Å². The largest absolute Gasteiger partial charge is 0.352 e. The second-order valence-electron chi connectivity index (χ2n) is 2.92. The summed E-state index contributed by atoms with van der Waals surface area (Å²) in [4.78, 5) is 11.7. The Balaban J connectivity index is 2.68. The third kappa shape index (κ3) is 4.13. The average Bonchev–Trinajstić information content (AvgIpc) is 2.22. The molecule has 0 radical (unpaired) electrons. The predicted molar refractivity (Wildman–Crippen MR) is 69.9 cm³/mol. The lowest BCUT2D eigenvalue weighted by atomic mass is 10.2. The summed E-state index contributed by atoms with van der Waals surface area (Å²) in [7, 11) is 0. The highest BCUT2D eigenvalue weighted by Crippen LogP contribution is 2.20. The Labute approximate surface area is 111 Å². The molecule has 0 heterocycles. The van der Waals surface area contributed by atoms with Gasteiger partial charge in [0.2, 0.25) is 0 Å². The molecule has 2 nitrogen and oxygen atoms in total. The standard InChI is InChI=1S/C10H10Br2ClNO/c11-4-1-5-14-10(15)8-6-7(12)2-3-9(8)13/h2-3,6H,1,4-5H2,(H,14,15). The first-order valence-corrected chi connectivity index (χ1v) is 6.73. The molecule has 1 rings (SSSR count). The fourth-order valence-corrected chi connectivity index (χ4v) is 1.88.